The number of aromatic nitrogens is 2. The van der Waals surface area contributed by atoms with Crippen LogP contribution >= 0.6 is 34.0 Å². The van der Waals surface area contributed by atoms with E-state index in [0.717, 1.165) is 0 Å². The molecule has 0 saturated heterocycles. The van der Waals surface area contributed by atoms with Gasteiger partial charge in [-0.2, -0.15) is 9.97 Å². The van der Waals surface area contributed by atoms with Gasteiger partial charge in [0, 0.05) is 0 Å². The molecule has 0 amide bonds. The molecule has 0 atom stereocenters. The molecule has 0 unspecified atom stereocenters. The molecule has 0 radical (unpaired) electrons. The molecule has 0 aliphatic carbocycles. The van der Waals surface area contributed by atoms with Crippen LogP contribution in [0.5, 0.6) is 0 Å². The average molecular weight is 302 g/mol. The van der Waals surface area contributed by atoms with E-state index in [1.165, 1.54) is 0 Å². The molecule has 8 N–H and O–H groups in total. The van der Waals surface area contributed by atoms with Crippen LogP contribution in [-0.2, 0) is 0 Å². The lowest BCUT2D eigenvalue weighted by Crippen LogP contribution is -2.07. The van der Waals surface area contributed by atoms with Crippen molar-refractivity contribution >= 4 is 57.2 Å². The zero-order chi connectivity index (χ0) is 7.72. The minimum absolute atomic E-state index is 0. The summed E-state index contributed by atoms with van der Waals surface area (Å²) in [7, 11) is 0. The van der Waals surface area contributed by atoms with Gasteiger partial charge in [-0.05, 0) is 0 Å². The molecule has 8 heteroatoms. The topological polar surface area (TPSA) is 130 Å². The number of hydrogen-bond acceptors (Lipinski definition) is 6. The molecule has 1 aromatic heterocycles. The Kier molecular flexibility index (Phi) is 5.74. The second-order valence-electron chi connectivity index (χ2n) is 1.77. The highest BCUT2D eigenvalue weighted by Crippen LogP contribution is 2.17. The lowest BCUT2D eigenvalue weighted by atomic mass is 10.4. The van der Waals surface area contributed by atoms with Crippen molar-refractivity contribution in [1.29, 1.82) is 0 Å². The molecule has 0 aromatic carbocycles. The maximum absolute atomic E-state index is 5.32. The third-order valence-corrected chi connectivity index (χ3v) is 1.02. The Morgan fingerprint density at radius 1 is 0.750 bits per heavy atom. The monoisotopic (exact) mass is 300 g/mol. The van der Waals surface area contributed by atoms with Gasteiger partial charge in [0.2, 0.25) is 5.95 Å². The molecule has 0 aliphatic heterocycles. The highest BCUT2D eigenvalue weighted by molar-refractivity contribution is 8.93. The second-order valence-corrected chi connectivity index (χ2v) is 1.77. The summed E-state index contributed by atoms with van der Waals surface area (Å²) in [4.78, 5) is 7.15. The fourth-order valence-corrected chi connectivity index (χ4v) is 0.523. The SMILES string of the molecule is Br.Br.Nc1nc(N)c(N)c(N)n1. The number of hydrogen-bond donors (Lipinski definition) is 4. The van der Waals surface area contributed by atoms with Crippen LogP contribution in [0.15, 0.2) is 0 Å². The Morgan fingerprint density at radius 3 is 1.42 bits per heavy atom. The van der Waals surface area contributed by atoms with Gasteiger partial charge in [0.15, 0.2) is 11.6 Å². The maximum atomic E-state index is 5.32. The van der Waals surface area contributed by atoms with Crippen LogP contribution in [0.3, 0.4) is 0 Å². The predicted molar refractivity (Wildman–Crippen MR) is 60.3 cm³/mol. The Hall–Kier alpha value is -0.760. The van der Waals surface area contributed by atoms with Gasteiger partial charge in [-0.3, -0.25) is 0 Å². The van der Waals surface area contributed by atoms with Gasteiger partial charge < -0.3 is 22.9 Å². The van der Waals surface area contributed by atoms with Gasteiger partial charge in [-0.1, -0.05) is 0 Å². The van der Waals surface area contributed by atoms with Crippen molar-refractivity contribution in [1.82, 2.24) is 9.97 Å². The number of rotatable bonds is 0. The van der Waals surface area contributed by atoms with Gasteiger partial charge >= 0.3 is 0 Å². The Balaban J connectivity index is 0. The lowest BCUT2D eigenvalue weighted by molar-refractivity contribution is 1.21. The molecule has 0 bridgehead atoms. The molecule has 1 aromatic rings. The van der Waals surface area contributed by atoms with Crippen LogP contribution in [0, 0.1) is 0 Å². The molecule has 1 rings (SSSR count). The molecule has 0 aliphatic rings. The summed E-state index contributed by atoms with van der Waals surface area (Å²) in [5, 5.41) is 0. The highest BCUT2D eigenvalue weighted by Gasteiger charge is 2.02. The van der Waals surface area contributed by atoms with Gasteiger partial charge in [0.05, 0.1) is 0 Å². The van der Waals surface area contributed by atoms with Crippen molar-refractivity contribution in [3.63, 3.8) is 0 Å². The molecule has 12 heavy (non-hydrogen) atoms. The predicted octanol–water partition coefficient (Wildman–Crippen LogP) is -0.0388. The van der Waals surface area contributed by atoms with E-state index < -0.39 is 0 Å². The third-order valence-electron chi connectivity index (χ3n) is 1.02. The second kappa shape index (κ2) is 4.99. The van der Waals surface area contributed by atoms with E-state index in [4.69, 9.17) is 22.9 Å². The first-order valence-electron chi connectivity index (χ1n) is 2.55. The number of anilines is 4. The zero-order valence-corrected chi connectivity index (χ0v) is 9.45. The number of halogens is 2. The van der Waals surface area contributed by atoms with Crippen LogP contribution in [-0.4, -0.2) is 9.97 Å². The summed E-state index contributed by atoms with van der Waals surface area (Å²) >= 11 is 0. The molecule has 0 saturated carbocycles. The smallest absolute Gasteiger partial charge is 0.224 e. The standard InChI is InChI=1S/C4H8N6.2BrH/c5-1-2(6)9-4(8)10-3(1)7;;/h5H2,(H6,6,7,8,9,10);2*1H. The van der Waals surface area contributed by atoms with Gasteiger partial charge in [-0.15, -0.1) is 34.0 Å². The van der Waals surface area contributed by atoms with E-state index in [0.29, 0.717) is 0 Å². The zero-order valence-electron chi connectivity index (χ0n) is 6.02. The quantitative estimate of drug-likeness (QED) is 0.532. The van der Waals surface area contributed by atoms with Crippen molar-refractivity contribution in [2.45, 2.75) is 0 Å². The number of nitrogens with zero attached hydrogens (tertiary/aromatic N) is 2. The number of nitrogens with two attached hydrogens (primary N) is 4. The van der Waals surface area contributed by atoms with Crippen molar-refractivity contribution in [2.24, 2.45) is 0 Å². The van der Waals surface area contributed by atoms with Crippen LogP contribution in [0.1, 0.15) is 0 Å². The first kappa shape index (κ1) is 13.8. The van der Waals surface area contributed by atoms with E-state index in [-0.39, 0.29) is 57.2 Å². The highest BCUT2D eigenvalue weighted by atomic mass is 79.9. The fourth-order valence-electron chi connectivity index (χ4n) is 0.523. The van der Waals surface area contributed by atoms with E-state index in [9.17, 15) is 0 Å². The Morgan fingerprint density at radius 2 is 1.08 bits per heavy atom. The first-order valence-corrected chi connectivity index (χ1v) is 2.55. The lowest BCUT2D eigenvalue weighted by Gasteiger charge is -2.01. The first-order chi connectivity index (χ1) is 4.61. The third kappa shape index (κ3) is 2.70. The molecular formula is C4H10Br2N6. The summed E-state index contributed by atoms with van der Waals surface area (Å²) in [5.74, 6) is 0.263. The Labute approximate surface area is 90.3 Å². The van der Waals surface area contributed by atoms with E-state index in [1.807, 2.05) is 0 Å². The van der Waals surface area contributed by atoms with Crippen molar-refractivity contribution in [2.75, 3.05) is 22.9 Å². The van der Waals surface area contributed by atoms with E-state index in [1.54, 1.807) is 0 Å². The summed E-state index contributed by atoms with van der Waals surface area (Å²) in [5.41, 5.74) is 21.3. The van der Waals surface area contributed by atoms with Crippen molar-refractivity contribution in [3.05, 3.63) is 0 Å². The molecule has 0 fully saturated rings. The molecule has 1 heterocycles. The van der Waals surface area contributed by atoms with Crippen LogP contribution in [0.2, 0.25) is 0 Å². The molecule has 6 nitrogen and oxygen atoms in total. The fraction of sp³-hybridized carbons (Fsp3) is 0. The van der Waals surface area contributed by atoms with Crippen molar-refractivity contribution in [3.8, 4) is 0 Å². The van der Waals surface area contributed by atoms with E-state index in [2.05, 4.69) is 9.97 Å². The van der Waals surface area contributed by atoms with Crippen LogP contribution < -0.4 is 22.9 Å². The normalized spacial score (nSPS) is 8.00. The maximum Gasteiger partial charge on any atom is 0.224 e. The average Bonchev–Trinajstić information content (AvgIpc) is 1.82. The van der Waals surface area contributed by atoms with Crippen LogP contribution in [0.4, 0.5) is 23.3 Å². The summed E-state index contributed by atoms with van der Waals surface area (Å²) in [6.07, 6.45) is 0. The minimum Gasteiger partial charge on any atom is -0.393 e. The van der Waals surface area contributed by atoms with Crippen LogP contribution in [0.25, 0.3) is 0 Å². The van der Waals surface area contributed by atoms with Crippen molar-refractivity contribution < 1.29 is 0 Å². The largest absolute Gasteiger partial charge is 0.393 e. The molecule has 70 valence electrons. The summed E-state index contributed by atoms with van der Waals surface area (Å²) in [6, 6.07) is 0. The van der Waals surface area contributed by atoms with E-state index >= 15 is 0 Å². The van der Waals surface area contributed by atoms with Gasteiger partial charge in [0.25, 0.3) is 0 Å². The summed E-state index contributed by atoms with van der Waals surface area (Å²) < 4.78 is 0. The van der Waals surface area contributed by atoms with Gasteiger partial charge in [-0.25, -0.2) is 0 Å². The Bertz CT molecular complexity index is 241. The minimum atomic E-state index is 0. The number of nitrogen functional groups attached to an aromatic ring is 4. The molecule has 0 spiro atoms. The van der Waals surface area contributed by atoms with Gasteiger partial charge in [0.1, 0.15) is 5.69 Å². The summed E-state index contributed by atoms with van der Waals surface area (Å²) in [6.45, 7) is 0. The molecular weight excluding hydrogens is 292 g/mol.